The summed E-state index contributed by atoms with van der Waals surface area (Å²) in [6, 6.07) is 4.68. The minimum atomic E-state index is -0.428. The fourth-order valence-electron chi connectivity index (χ4n) is 2.58. The number of carbonyl (C=O) groups is 1. The zero-order valence-electron chi connectivity index (χ0n) is 16.3. The van der Waals surface area contributed by atoms with Gasteiger partial charge in [-0.15, -0.1) is 11.8 Å². The lowest BCUT2D eigenvalue weighted by molar-refractivity contribution is -0.387. The van der Waals surface area contributed by atoms with Crippen LogP contribution in [0.5, 0.6) is 0 Å². The summed E-state index contributed by atoms with van der Waals surface area (Å²) in [4.78, 5) is 25.9. The zero-order chi connectivity index (χ0) is 20.1. The van der Waals surface area contributed by atoms with Gasteiger partial charge in [-0.25, -0.2) is 0 Å². The van der Waals surface area contributed by atoms with Crippen LogP contribution in [0.15, 0.2) is 27.6 Å². The van der Waals surface area contributed by atoms with Gasteiger partial charge in [0, 0.05) is 24.2 Å². The fraction of sp³-hybridized carbons (Fsp3) is 0.474. The van der Waals surface area contributed by atoms with Gasteiger partial charge in [0.1, 0.15) is 5.76 Å². The van der Waals surface area contributed by atoms with E-state index in [-0.39, 0.29) is 11.6 Å². The Morgan fingerprint density at radius 2 is 2.07 bits per heavy atom. The first-order valence-electron chi connectivity index (χ1n) is 8.79. The molecule has 1 amide bonds. The molecule has 2 aromatic rings. The molecule has 7 nitrogen and oxygen atoms in total. The Morgan fingerprint density at radius 1 is 1.37 bits per heavy atom. The summed E-state index contributed by atoms with van der Waals surface area (Å²) in [6.07, 6.45) is 0.975. The third-order valence-corrected chi connectivity index (χ3v) is 5.37. The average molecular weight is 391 g/mol. The first-order chi connectivity index (χ1) is 12.7. The van der Waals surface area contributed by atoms with Crippen molar-refractivity contribution in [3.8, 4) is 0 Å². The van der Waals surface area contributed by atoms with Gasteiger partial charge >= 0.3 is 0 Å². The second-order valence-corrected chi connectivity index (χ2v) is 8.07. The maximum Gasteiger partial charge on any atom is 0.283 e. The van der Waals surface area contributed by atoms with E-state index in [4.69, 9.17) is 4.52 Å². The van der Waals surface area contributed by atoms with E-state index in [1.54, 1.807) is 26.1 Å². The number of amides is 1. The first-order valence-corrected chi connectivity index (χ1v) is 9.77. The van der Waals surface area contributed by atoms with Gasteiger partial charge in [-0.1, -0.05) is 19.0 Å². The van der Waals surface area contributed by atoms with Crippen LogP contribution in [-0.2, 0) is 6.54 Å². The van der Waals surface area contributed by atoms with Gasteiger partial charge in [-0.3, -0.25) is 14.9 Å². The zero-order valence-corrected chi connectivity index (χ0v) is 17.1. The van der Waals surface area contributed by atoms with Crippen molar-refractivity contribution >= 4 is 23.4 Å². The Balaban J connectivity index is 2.18. The predicted octanol–water partition coefficient (Wildman–Crippen LogP) is 4.61. The van der Waals surface area contributed by atoms with Crippen molar-refractivity contribution in [3.63, 3.8) is 0 Å². The number of aryl methyl sites for hydroxylation is 2. The van der Waals surface area contributed by atoms with Gasteiger partial charge in [-0.05, 0) is 44.1 Å². The molecule has 146 valence electrons. The van der Waals surface area contributed by atoms with E-state index in [0.717, 1.165) is 23.4 Å². The van der Waals surface area contributed by atoms with Gasteiger partial charge < -0.3 is 9.42 Å². The van der Waals surface area contributed by atoms with Gasteiger partial charge in [0.15, 0.2) is 0 Å². The summed E-state index contributed by atoms with van der Waals surface area (Å²) in [7, 11) is 1.66. The summed E-state index contributed by atoms with van der Waals surface area (Å²) in [5.41, 5.74) is 1.85. The topological polar surface area (TPSA) is 89.5 Å². The van der Waals surface area contributed by atoms with Crippen LogP contribution < -0.4 is 0 Å². The number of nitro benzene ring substituents is 1. The van der Waals surface area contributed by atoms with Crippen LogP contribution in [0.3, 0.4) is 0 Å². The summed E-state index contributed by atoms with van der Waals surface area (Å²) in [6.45, 7) is 8.18. The molecule has 27 heavy (non-hydrogen) atoms. The molecule has 8 heteroatoms. The van der Waals surface area contributed by atoms with Crippen LogP contribution in [0.25, 0.3) is 0 Å². The van der Waals surface area contributed by atoms with Crippen LogP contribution in [-0.4, -0.2) is 33.7 Å². The quantitative estimate of drug-likeness (QED) is 0.371. The summed E-state index contributed by atoms with van der Waals surface area (Å²) >= 11 is 1.45. The van der Waals surface area contributed by atoms with E-state index < -0.39 is 4.92 Å². The number of thioether (sulfide) groups is 1. The smallest absolute Gasteiger partial charge is 0.283 e. The Bertz CT molecular complexity index is 813. The third kappa shape index (κ3) is 5.32. The second kappa shape index (κ2) is 9.03. The normalized spacial score (nSPS) is 11.0. The molecular formula is C19H25N3O4S. The highest BCUT2D eigenvalue weighted by molar-refractivity contribution is 7.99. The predicted molar refractivity (Wildman–Crippen MR) is 105 cm³/mol. The van der Waals surface area contributed by atoms with Crippen LogP contribution in [0.1, 0.15) is 47.6 Å². The molecule has 0 aliphatic carbocycles. The molecule has 0 aliphatic heterocycles. The molecular weight excluding hydrogens is 366 g/mol. The highest BCUT2D eigenvalue weighted by Gasteiger charge is 2.21. The Kier molecular flexibility index (Phi) is 7.01. The van der Waals surface area contributed by atoms with Gasteiger partial charge in [0.25, 0.3) is 11.6 Å². The van der Waals surface area contributed by atoms with Crippen LogP contribution in [0.2, 0.25) is 0 Å². The number of nitrogens with zero attached hydrogens (tertiary/aromatic N) is 3. The van der Waals surface area contributed by atoms with E-state index in [0.29, 0.717) is 28.7 Å². The number of hydrogen-bond donors (Lipinski definition) is 0. The standard InChI is InChI=1S/C19H25N3O4S/c1-12(2)8-9-27-18-7-6-15(10-17(18)22(24)25)19(23)21(5)11-16-13(3)20-26-14(16)4/h6-7,10,12H,8-9,11H2,1-5H3. The van der Waals surface area contributed by atoms with Gasteiger partial charge in [0.05, 0.1) is 22.1 Å². The van der Waals surface area contributed by atoms with E-state index in [9.17, 15) is 14.9 Å². The Morgan fingerprint density at radius 3 is 2.63 bits per heavy atom. The summed E-state index contributed by atoms with van der Waals surface area (Å²) < 4.78 is 5.12. The fourth-order valence-corrected chi connectivity index (χ4v) is 3.83. The largest absolute Gasteiger partial charge is 0.361 e. The van der Waals surface area contributed by atoms with E-state index in [1.165, 1.54) is 22.7 Å². The van der Waals surface area contributed by atoms with E-state index >= 15 is 0 Å². The van der Waals surface area contributed by atoms with Crippen molar-refractivity contribution in [1.29, 1.82) is 0 Å². The number of rotatable bonds is 8. The van der Waals surface area contributed by atoms with Crippen molar-refractivity contribution in [1.82, 2.24) is 10.1 Å². The Labute approximate surface area is 163 Å². The number of benzene rings is 1. The van der Waals surface area contributed by atoms with Crippen LogP contribution >= 0.6 is 11.8 Å². The molecule has 2 rings (SSSR count). The molecule has 0 radical (unpaired) electrons. The van der Waals surface area contributed by atoms with Crippen molar-refractivity contribution in [2.75, 3.05) is 12.8 Å². The molecule has 0 saturated heterocycles. The molecule has 0 fully saturated rings. The maximum atomic E-state index is 12.7. The molecule has 0 bridgehead atoms. The molecule has 1 aromatic heterocycles. The monoisotopic (exact) mass is 391 g/mol. The second-order valence-electron chi connectivity index (χ2n) is 6.93. The van der Waals surface area contributed by atoms with Crippen LogP contribution in [0.4, 0.5) is 5.69 Å². The molecule has 0 unspecified atom stereocenters. The Hall–Kier alpha value is -2.35. The number of carbonyl (C=O) groups excluding carboxylic acids is 1. The van der Waals surface area contributed by atoms with Crippen molar-refractivity contribution in [3.05, 3.63) is 50.9 Å². The minimum absolute atomic E-state index is 0.0275. The molecule has 1 heterocycles. The minimum Gasteiger partial charge on any atom is -0.361 e. The van der Waals surface area contributed by atoms with E-state index in [2.05, 4.69) is 19.0 Å². The molecule has 0 spiro atoms. The van der Waals surface area contributed by atoms with Crippen molar-refractivity contribution < 1.29 is 14.2 Å². The van der Waals surface area contributed by atoms with Crippen molar-refractivity contribution in [2.45, 2.75) is 45.6 Å². The molecule has 0 N–H and O–H groups in total. The first kappa shape index (κ1) is 21.0. The average Bonchev–Trinajstić information content (AvgIpc) is 2.92. The highest BCUT2D eigenvalue weighted by Crippen LogP contribution is 2.31. The molecule has 1 aromatic carbocycles. The van der Waals surface area contributed by atoms with E-state index in [1.807, 2.05) is 6.92 Å². The maximum absolute atomic E-state index is 12.7. The molecule has 0 saturated carbocycles. The lowest BCUT2D eigenvalue weighted by Gasteiger charge is -2.17. The lowest BCUT2D eigenvalue weighted by Crippen LogP contribution is -2.26. The third-order valence-electron chi connectivity index (χ3n) is 4.28. The SMILES string of the molecule is Cc1noc(C)c1CN(C)C(=O)c1ccc(SCCC(C)C)c([N+](=O)[O-])c1. The lowest BCUT2D eigenvalue weighted by atomic mass is 10.1. The number of aromatic nitrogens is 1. The van der Waals surface area contributed by atoms with Gasteiger partial charge in [0.2, 0.25) is 0 Å². The summed E-state index contributed by atoms with van der Waals surface area (Å²) in [5, 5.41) is 15.3. The molecule has 0 aliphatic rings. The van der Waals surface area contributed by atoms with Gasteiger partial charge in [-0.2, -0.15) is 0 Å². The number of nitro groups is 1. The van der Waals surface area contributed by atoms with Crippen LogP contribution in [0, 0.1) is 29.9 Å². The highest BCUT2D eigenvalue weighted by atomic mass is 32.2. The molecule has 0 atom stereocenters. The number of hydrogen-bond acceptors (Lipinski definition) is 6. The summed E-state index contributed by atoms with van der Waals surface area (Å²) in [5.74, 6) is 1.72. The van der Waals surface area contributed by atoms with Crippen molar-refractivity contribution in [2.24, 2.45) is 5.92 Å².